The van der Waals surface area contributed by atoms with Crippen LogP contribution in [-0.4, -0.2) is 19.5 Å². The molecule has 0 atom stereocenters. The second kappa shape index (κ2) is 6.25. The first-order chi connectivity index (χ1) is 12.8. The minimum Gasteiger partial charge on any atom is -0.478 e. The Kier molecular flexibility index (Phi) is 4.00. The minimum absolute atomic E-state index is 0.0257. The SMILES string of the molecule is Cc1ccc(S(=O)(=O)Nc2ccc3c(c2)Cc2ccccc2-3)cc1C(=O)O. The molecule has 1 aliphatic rings. The highest BCUT2D eigenvalue weighted by Crippen LogP contribution is 2.37. The lowest BCUT2D eigenvalue weighted by Crippen LogP contribution is -2.14. The van der Waals surface area contributed by atoms with Gasteiger partial charge in [-0.25, -0.2) is 13.2 Å². The third-order valence-electron chi connectivity index (χ3n) is 4.80. The highest BCUT2D eigenvalue weighted by Gasteiger charge is 2.21. The zero-order valence-electron chi connectivity index (χ0n) is 14.6. The highest BCUT2D eigenvalue weighted by atomic mass is 32.2. The van der Waals surface area contributed by atoms with Crippen LogP contribution in [0.2, 0.25) is 0 Å². The van der Waals surface area contributed by atoms with Crippen LogP contribution in [0.15, 0.2) is 65.6 Å². The smallest absolute Gasteiger partial charge is 0.335 e. The maximum Gasteiger partial charge on any atom is 0.335 e. The summed E-state index contributed by atoms with van der Waals surface area (Å²) in [7, 11) is -3.88. The van der Waals surface area contributed by atoms with Gasteiger partial charge in [-0.3, -0.25) is 4.72 Å². The van der Waals surface area contributed by atoms with Gasteiger partial charge < -0.3 is 5.11 Å². The summed E-state index contributed by atoms with van der Waals surface area (Å²) in [5.41, 5.74) is 5.50. The average Bonchev–Trinajstić information content (AvgIpc) is 2.99. The molecule has 0 bridgehead atoms. The van der Waals surface area contributed by atoms with E-state index in [0.717, 1.165) is 17.5 Å². The third-order valence-corrected chi connectivity index (χ3v) is 6.17. The number of aryl methyl sites for hydroxylation is 1. The first kappa shape index (κ1) is 17.3. The summed E-state index contributed by atoms with van der Waals surface area (Å²) in [5.74, 6) is -1.15. The molecule has 4 rings (SSSR count). The third kappa shape index (κ3) is 3.08. The summed E-state index contributed by atoms with van der Waals surface area (Å²) in [4.78, 5) is 11.2. The fraction of sp³-hybridized carbons (Fsp3) is 0.0952. The van der Waals surface area contributed by atoms with Gasteiger partial charge in [-0.05, 0) is 65.4 Å². The maximum absolute atomic E-state index is 12.7. The number of carboxylic acids is 1. The van der Waals surface area contributed by atoms with Crippen molar-refractivity contribution in [3.63, 3.8) is 0 Å². The van der Waals surface area contributed by atoms with E-state index in [1.165, 1.54) is 29.3 Å². The van der Waals surface area contributed by atoms with Crippen LogP contribution in [0.1, 0.15) is 27.0 Å². The van der Waals surface area contributed by atoms with Gasteiger partial charge in [-0.15, -0.1) is 0 Å². The van der Waals surface area contributed by atoms with Crippen LogP contribution in [0.25, 0.3) is 11.1 Å². The largest absolute Gasteiger partial charge is 0.478 e. The van der Waals surface area contributed by atoms with Crippen molar-refractivity contribution >= 4 is 21.7 Å². The number of aromatic carboxylic acids is 1. The first-order valence-electron chi connectivity index (χ1n) is 8.43. The lowest BCUT2D eigenvalue weighted by atomic mass is 10.1. The second-order valence-corrected chi connectivity index (χ2v) is 8.28. The number of benzene rings is 3. The van der Waals surface area contributed by atoms with Gasteiger partial charge in [0.1, 0.15) is 0 Å². The van der Waals surface area contributed by atoms with Crippen molar-refractivity contribution in [2.75, 3.05) is 4.72 Å². The van der Waals surface area contributed by atoms with E-state index >= 15 is 0 Å². The summed E-state index contributed by atoms with van der Waals surface area (Å²) >= 11 is 0. The summed E-state index contributed by atoms with van der Waals surface area (Å²) < 4.78 is 28.0. The molecule has 0 fully saturated rings. The van der Waals surface area contributed by atoms with Crippen molar-refractivity contribution in [3.8, 4) is 11.1 Å². The Balaban J connectivity index is 1.66. The molecule has 1 aliphatic carbocycles. The Hall–Kier alpha value is -3.12. The molecular formula is C21H17NO4S. The van der Waals surface area contributed by atoms with Gasteiger partial charge in [0.15, 0.2) is 0 Å². The molecule has 0 saturated carbocycles. The van der Waals surface area contributed by atoms with E-state index in [2.05, 4.69) is 16.9 Å². The monoisotopic (exact) mass is 379 g/mol. The zero-order chi connectivity index (χ0) is 19.2. The number of hydrogen-bond acceptors (Lipinski definition) is 3. The van der Waals surface area contributed by atoms with Gasteiger partial charge in [0.25, 0.3) is 10.0 Å². The summed E-state index contributed by atoms with van der Waals surface area (Å²) in [6.45, 7) is 1.63. The van der Waals surface area contributed by atoms with Gasteiger partial charge >= 0.3 is 5.97 Å². The molecule has 0 unspecified atom stereocenters. The van der Waals surface area contributed by atoms with Crippen molar-refractivity contribution in [1.29, 1.82) is 0 Å². The van der Waals surface area contributed by atoms with E-state index in [9.17, 15) is 18.3 Å². The molecule has 136 valence electrons. The number of carboxylic acid groups (broad SMARTS) is 1. The molecule has 2 N–H and O–H groups in total. The Bertz CT molecular complexity index is 1180. The molecule has 0 saturated heterocycles. The minimum atomic E-state index is -3.88. The lowest BCUT2D eigenvalue weighted by Gasteiger charge is -2.11. The van der Waals surface area contributed by atoms with Crippen LogP contribution in [0.3, 0.4) is 0 Å². The van der Waals surface area contributed by atoms with Gasteiger partial charge in [0, 0.05) is 5.69 Å². The number of rotatable bonds is 4. The molecule has 27 heavy (non-hydrogen) atoms. The number of anilines is 1. The maximum atomic E-state index is 12.7. The molecule has 0 radical (unpaired) electrons. The fourth-order valence-electron chi connectivity index (χ4n) is 3.42. The van der Waals surface area contributed by atoms with Crippen LogP contribution in [0.4, 0.5) is 5.69 Å². The van der Waals surface area contributed by atoms with Crippen LogP contribution in [0.5, 0.6) is 0 Å². The van der Waals surface area contributed by atoms with Crippen molar-refractivity contribution in [1.82, 2.24) is 0 Å². The van der Waals surface area contributed by atoms with Crippen molar-refractivity contribution in [3.05, 3.63) is 82.9 Å². The Labute approximate surface area is 157 Å². The quantitative estimate of drug-likeness (QED) is 0.560. The van der Waals surface area contributed by atoms with E-state index in [1.54, 1.807) is 13.0 Å². The number of sulfonamides is 1. The van der Waals surface area contributed by atoms with Crippen molar-refractivity contribution in [2.24, 2.45) is 0 Å². The molecule has 5 nitrogen and oxygen atoms in total. The number of fused-ring (bicyclic) bond motifs is 3. The predicted molar refractivity (Wildman–Crippen MR) is 104 cm³/mol. The molecule has 3 aromatic rings. The van der Waals surface area contributed by atoms with Gasteiger partial charge in [-0.1, -0.05) is 36.4 Å². The topological polar surface area (TPSA) is 83.5 Å². The van der Waals surface area contributed by atoms with Gasteiger partial charge in [0.05, 0.1) is 10.5 Å². The van der Waals surface area contributed by atoms with E-state index in [4.69, 9.17) is 0 Å². The molecule has 3 aromatic carbocycles. The Morgan fingerprint density at radius 3 is 2.48 bits per heavy atom. The summed E-state index contributed by atoms with van der Waals surface area (Å²) in [5, 5.41) is 9.22. The van der Waals surface area contributed by atoms with Crippen molar-refractivity contribution in [2.45, 2.75) is 18.2 Å². The van der Waals surface area contributed by atoms with Crippen LogP contribution < -0.4 is 4.72 Å². The molecule has 0 aromatic heterocycles. The molecule has 0 heterocycles. The summed E-state index contributed by atoms with van der Waals surface area (Å²) in [6, 6.07) is 17.7. The Morgan fingerprint density at radius 2 is 1.70 bits per heavy atom. The fourth-order valence-corrected chi connectivity index (χ4v) is 4.50. The lowest BCUT2D eigenvalue weighted by molar-refractivity contribution is 0.0696. The molecule has 0 aliphatic heterocycles. The van der Waals surface area contributed by atoms with E-state index in [-0.39, 0.29) is 10.5 Å². The Morgan fingerprint density at radius 1 is 0.963 bits per heavy atom. The van der Waals surface area contributed by atoms with E-state index in [0.29, 0.717) is 11.3 Å². The second-order valence-electron chi connectivity index (χ2n) is 6.59. The predicted octanol–water partition coefficient (Wildman–Crippen LogP) is 4.07. The number of nitrogens with one attached hydrogen (secondary N) is 1. The molecule has 6 heteroatoms. The molecule has 0 amide bonds. The van der Waals surface area contributed by atoms with Gasteiger partial charge in [0.2, 0.25) is 0 Å². The molecule has 0 spiro atoms. The number of hydrogen-bond donors (Lipinski definition) is 2. The van der Waals surface area contributed by atoms with Crippen LogP contribution in [-0.2, 0) is 16.4 Å². The van der Waals surface area contributed by atoms with Crippen LogP contribution in [0, 0.1) is 6.92 Å². The van der Waals surface area contributed by atoms with E-state index < -0.39 is 16.0 Å². The standard InChI is InChI=1S/C21H17NO4S/c1-13-6-8-17(12-20(13)21(23)24)27(25,26)22-16-7-9-19-15(11-16)10-14-4-2-3-5-18(14)19/h2-9,11-12,22H,10H2,1H3,(H,23,24). The highest BCUT2D eigenvalue weighted by molar-refractivity contribution is 7.92. The zero-order valence-corrected chi connectivity index (χ0v) is 15.4. The average molecular weight is 379 g/mol. The normalized spacial score (nSPS) is 12.3. The van der Waals surface area contributed by atoms with E-state index in [1.807, 2.05) is 24.3 Å². The number of carbonyl (C=O) groups is 1. The summed E-state index contributed by atoms with van der Waals surface area (Å²) in [6.07, 6.45) is 0.759. The first-order valence-corrected chi connectivity index (χ1v) is 9.91. The van der Waals surface area contributed by atoms with Crippen LogP contribution >= 0.6 is 0 Å². The van der Waals surface area contributed by atoms with Crippen molar-refractivity contribution < 1.29 is 18.3 Å². The van der Waals surface area contributed by atoms with Gasteiger partial charge in [-0.2, -0.15) is 0 Å². The molecular weight excluding hydrogens is 362 g/mol.